The van der Waals surface area contributed by atoms with Gasteiger partial charge in [0.25, 0.3) is 5.91 Å². The minimum absolute atomic E-state index is 0.0484. The molecular weight excluding hydrogens is 356 g/mol. The number of amides is 3. The molecule has 3 amide bonds. The zero-order chi connectivity index (χ0) is 19.9. The normalized spacial score (nSPS) is 23.7. The molecule has 7 heteroatoms. The molecule has 1 aliphatic carbocycles. The van der Waals surface area contributed by atoms with Gasteiger partial charge in [-0.1, -0.05) is 30.9 Å². The summed E-state index contributed by atoms with van der Waals surface area (Å²) in [7, 11) is 0. The third-order valence-electron chi connectivity index (χ3n) is 5.29. The first-order valence-corrected chi connectivity index (χ1v) is 9.75. The van der Waals surface area contributed by atoms with Crippen molar-refractivity contribution < 1.29 is 14.4 Å². The van der Waals surface area contributed by atoms with E-state index < -0.39 is 0 Å². The van der Waals surface area contributed by atoms with Crippen molar-refractivity contribution in [2.24, 2.45) is 5.92 Å². The van der Waals surface area contributed by atoms with Gasteiger partial charge in [0.15, 0.2) is 0 Å². The van der Waals surface area contributed by atoms with E-state index in [0.29, 0.717) is 17.7 Å². The van der Waals surface area contributed by atoms with Gasteiger partial charge in [0, 0.05) is 12.5 Å². The lowest BCUT2D eigenvalue weighted by molar-refractivity contribution is -0.131. The number of benzene rings is 1. The highest BCUT2D eigenvalue weighted by Crippen LogP contribution is 2.27. The van der Waals surface area contributed by atoms with Crippen LogP contribution in [0.3, 0.4) is 0 Å². The Hall–Kier alpha value is -2.85. The highest BCUT2D eigenvalue weighted by Gasteiger charge is 2.37. The predicted octanol–water partition coefficient (Wildman–Crippen LogP) is 1.37. The second-order valence-corrected chi connectivity index (χ2v) is 7.24. The van der Waals surface area contributed by atoms with Crippen LogP contribution in [0.25, 0.3) is 0 Å². The minimum atomic E-state index is -0.335. The quantitative estimate of drug-likeness (QED) is 0.559. The van der Waals surface area contributed by atoms with Gasteiger partial charge in [-0.2, -0.15) is 0 Å². The Morgan fingerprint density at radius 2 is 2.00 bits per heavy atom. The smallest absolute Gasteiger partial charge is 0.254 e. The fourth-order valence-corrected chi connectivity index (χ4v) is 3.88. The fourth-order valence-electron chi connectivity index (χ4n) is 3.88. The first kappa shape index (κ1) is 19.9. The topological polar surface area (TPSA) is 99.3 Å². The predicted molar refractivity (Wildman–Crippen MR) is 106 cm³/mol. The number of para-hydroxylation sites is 1. The number of carbonyl (C=O) groups excluding carboxylic acids is 3. The Kier molecular flexibility index (Phi) is 6.66. The van der Waals surface area contributed by atoms with Gasteiger partial charge in [-0.05, 0) is 31.4 Å². The lowest BCUT2D eigenvalue weighted by Gasteiger charge is -2.40. The Morgan fingerprint density at radius 3 is 2.82 bits per heavy atom. The van der Waals surface area contributed by atoms with Crippen LogP contribution in [0.2, 0.25) is 0 Å². The number of nitrogens with one attached hydrogen (secondary N) is 4. The second-order valence-electron chi connectivity index (χ2n) is 7.24. The average Bonchev–Trinajstić information content (AvgIpc) is 2.71. The Bertz CT molecular complexity index is 786. The molecule has 3 atom stereocenters. The molecule has 1 aliphatic heterocycles. The molecule has 2 aliphatic rings. The monoisotopic (exact) mass is 382 g/mol. The number of terminal acetylenes is 1. The molecule has 28 heavy (non-hydrogen) atoms. The molecule has 2 fully saturated rings. The zero-order valence-electron chi connectivity index (χ0n) is 15.8. The van der Waals surface area contributed by atoms with Crippen molar-refractivity contribution in [3.8, 4) is 12.3 Å². The zero-order valence-corrected chi connectivity index (χ0v) is 15.8. The standard InChI is InChI=1S/C21H26N4O3/c1-2-13-22-20(27)14-7-3-6-10-17(14)24-19(26)12-11-18-23-16-9-5-4-8-15(16)21(28)25-18/h1,3,6-7,10,15-16,18,23H,4-5,8-9,11-13H2,(H,22,27)(H,24,26)(H,25,28). The SMILES string of the molecule is C#CCNC(=O)c1ccccc1NC(=O)CCC1NC(=O)C2CCCCC2N1. The van der Waals surface area contributed by atoms with E-state index in [1.807, 2.05) is 0 Å². The molecule has 1 saturated heterocycles. The van der Waals surface area contributed by atoms with Crippen LogP contribution in [0.15, 0.2) is 24.3 Å². The summed E-state index contributed by atoms with van der Waals surface area (Å²) in [5.74, 6) is 1.94. The van der Waals surface area contributed by atoms with Crippen molar-refractivity contribution in [1.82, 2.24) is 16.0 Å². The average molecular weight is 382 g/mol. The molecule has 4 N–H and O–H groups in total. The van der Waals surface area contributed by atoms with Crippen molar-refractivity contribution in [2.75, 3.05) is 11.9 Å². The van der Waals surface area contributed by atoms with Crippen molar-refractivity contribution in [1.29, 1.82) is 0 Å². The Balaban J connectivity index is 1.53. The van der Waals surface area contributed by atoms with Crippen LogP contribution in [-0.4, -0.2) is 36.5 Å². The number of rotatable bonds is 6. The van der Waals surface area contributed by atoms with E-state index in [-0.39, 0.29) is 48.8 Å². The summed E-state index contributed by atoms with van der Waals surface area (Å²) in [4.78, 5) is 36.8. The van der Waals surface area contributed by atoms with Crippen LogP contribution < -0.4 is 21.3 Å². The van der Waals surface area contributed by atoms with Gasteiger partial charge >= 0.3 is 0 Å². The highest BCUT2D eigenvalue weighted by atomic mass is 16.2. The summed E-state index contributed by atoms with van der Waals surface area (Å²) in [6.07, 6.45) is 9.84. The number of hydrogen-bond donors (Lipinski definition) is 4. The fraction of sp³-hybridized carbons (Fsp3) is 0.476. The third kappa shape index (κ3) is 4.90. The largest absolute Gasteiger partial charge is 0.341 e. The van der Waals surface area contributed by atoms with Crippen molar-refractivity contribution in [3.63, 3.8) is 0 Å². The van der Waals surface area contributed by atoms with Gasteiger partial charge in [-0.3, -0.25) is 19.7 Å². The molecule has 1 aromatic carbocycles. The van der Waals surface area contributed by atoms with Gasteiger partial charge in [-0.25, -0.2) is 0 Å². The van der Waals surface area contributed by atoms with Gasteiger partial charge < -0.3 is 16.0 Å². The van der Waals surface area contributed by atoms with Crippen LogP contribution >= 0.6 is 0 Å². The maximum atomic E-state index is 12.4. The van der Waals surface area contributed by atoms with E-state index in [1.54, 1.807) is 24.3 Å². The van der Waals surface area contributed by atoms with Gasteiger partial charge in [0.05, 0.1) is 29.9 Å². The Morgan fingerprint density at radius 1 is 1.21 bits per heavy atom. The summed E-state index contributed by atoms with van der Waals surface area (Å²) in [5.41, 5.74) is 0.801. The minimum Gasteiger partial charge on any atom is -0.341 e. The van der Waals surface area contributed by atoms with E-state index in [4.69, 9.17) is 6.42 Å². The molecule has 7 nitrogen and oxygen atoms in total. The van der Waals surface area contributed by atoms with E-state index in [9.17, 15) is 14.4 Å². The second kappa shape index (κ2) is 9.38. The molecular formula is C21H26N4O3. The molecule has 1 aromatic rings. The van der Waals surface area contributed by atoms with Crippen LogP contribution in [0, 0.1) is 18.3 Å². The molecule has 0 aromatic heterocycles. The summed E-state index contributed by atoms with van der Waals surface area (Å²) in [6.45, 7) is 0.121. The lowest BCUT2D eigenvalue weighted by atomic mass is 9.82. The number of fused-ring (bicyclic) bond motifs is 1. The van der Waals surface area contributed by atoms with Crippen molar-refractivity contribution >= 4 is 23.4 Å². The molecule has 0 spiro atoms. The maximum absolute atomic E-state index is 12.4. The summed E-state index contributed by atoms with van der Waals surface area (Å²) in [5, 5.41) is 11.8. The van der Waals surface area contributed by atoms with E-state index in [2.05, 4.69) is 27.2 Å². The van der Waals surface area contributed by atoms with Gasteiger partial charge in [-0.15, -0.1) is 6.42 Å². The first-order valence-electron chi connectivity index (χ1n) is 9.75. The van der Waals surface area contributed by atoms with Crippen LogP contribution in [0.4, 0.5) is 5.69 Å². The number of hydrogen-bond acceptors (Lipinski definition) is 4. The van der Waals surface area contributed by atoms with Gasteiger partial charge in [0.1, 0.15) is 0 Å². The van der Waals surface area contributed by atoms with E-state index >= 15 is 0 Å². The molecule has 1 saturated carbocycles. The maximum Gasteiger partial charge on any atom is 0.254 e. The summed E-state index contributed by atoms with van der Waals surface area (Å²) < 4.78 is 0. The van der Waals surface area contributed by atoms with Crippen LogP contribution in [-0.2, 0) is 9.59 Å². The summed E-state index contributed by atoms with van der Waals surface area (Å²) >= 11 is 0. The first-order chi connectivity index (χ1) is 13.6. The molecule has 1 heterocycles. The highest BCUT2D eigenvalue weighted by molar-refractivity contribution is 6.03. The van der Waals surface area contributed by atoms with Gasteiger partial charge in [0.2, 0.25) is 11.8 Å². The molecule has 0 radical (unpaired) electrons. The Labute approximate surface area is 165 Å². The molecule has 3 unspecified atom stereocenters. The van der Waals surface area contributed by atoms with Crippen molar-refractivity contribution in [2.45, 2.75) is 50.7 Å². The van der Waals surface area contributed by atoms with Crippen LogP contribution in [0.1, 0.15) is 48.9 Å². The summed E-state index contributed by atoms with van der Waals surface area (Å²) in [6, 6.07) is 6.99. The van der Waals surface area contributed by atoms with E-state index in [0.717, 1.165) is 25.7 Å². The van der Waals surface area contributed by atoms with E-state index in [1.165, 1.54) is 0 Å². The molecule has 148 valence electrons. The molecule has 0 bridgehead atoms. The molecule has 3 rings (SSSR count). The van der Waals surface area contributed by atoms with Crippen LogP contribution in [0.5, 0.6) is 0 Å². The lowest BCUT2D eigenvalue weighted by Crippen LogP contribution is -2.62. The number of carbonyl (C=O) groups is 3. The van der Waals surface area contributed by atoms with Crippen molar-refractivity contribution in [3.05, 3.63) is 29.8 Å². The third-order valence-corrected chi connectivity index (χ3v) is 5.29. The number of anilines is 1.